The first-order chi connectivity index (χ1) is 9.14. The van der Waals surface area contributed by atoms with Gasteiger partial charge < -0.3 is 14.8 Å². The van der Waals surface area contributed by atoms with E-state index in [1.807, 2.05) is 19.2 Å². The van der Waals surface area contributed by atoms with Crippen molar-refractivity contribution in [2.24, 2.45) is 0 Å². The second kappa shape index (κ2) is 7.85. The van der Waals surface area contributed by atoms with Crippen LogP contribution in [-0.2, 0) is 6.42 Å². The van der Waals surface area contributed by atoms with Gasteiger partial charge in [0, 0.05) is 6.04 Å². The Morgan fingerprint density at radius 3 is 2.47 bits per heavy atom. The summed E-state index contributed by atoms with van der Waals surface area (Å²) in [6, 6.07) is 6.49. The molecule has 0 aliphatic rings. The zero-order valence-electron chi connectivity index (χ0n) is 12.5. The van der Waals surface area contributed by atoms with Gasteiger partial charge in [-0.15, -0.1) is 0 Å². The molecule has 106 valence electrons. The molecule has 0 aliphatic heterocycles. The van der Waals surface area contributed by atoms with Crippen molar-refractivity contribution >= 4 is 0 Å². The van der Waals surface area contributed by atoms with E-state index in [0.717, 1.165) is 30.8 Å². The van der Waals surface area contributed by atoms with Gasteiger partial charge in [-0.1, -0.05) is 25.1 Å². The van der Waals surface area contributed by atoms with E-state index in [9.17, 15) is 0 Å². The molecule has 1 atom stereocenters. The molecule has 0 aromatic heterocycles. The Labute approximate surface area is 116 Å². The zero-order chi connectivity index (χ0) is 14.3. The number of likely N-dealkylation sites (N-methyl/N-ethyl adjacent to an activating group) is 1. The van der Waals surface area contributed by atoms with Crippen LogP contribution in [0.15, 0.2) is 30.4 Å². The molecule has 19 heavy (non-hydrogen) atoms. The smallest absolute Gasteiger partial charge is 0.160 e. The third kappa shape index (κ3) is 4.60. The number of ether oxygens (including phenoxy) is 2. The molecule has 1 aromatic carbocycles. The van der Waals surface area contributed by atoms with E-state index in [4.69, 9.17) is 9.47 Å². The van der Waals surface area contributed by atoms with Crippen molar-refractivity contribution in [1.29, 1.82) is 0 Å². The van der Waals surface area contributed by atoms with Gasteiger partial charge >= 0.3 is 0 Å². The number of benzene rings is 1. The molecule has 0 spiro atoms. The largest absolute Gasteiger partial charge is 0.493 e. The van der Waals surface area contributed by atoms with Crippen LogP contribution in [0.2, 0.25) is 0 Å². The third-order valence-electron chi connectivity index (χ3n) is 3.37. The van der Waals surface area contributed by atoms with E-state index in [1.165, 1.54) is 11.1 Å². The van der Waals surface area contributed by atoms with Gasteiger partial charge in [-0.25, -0.2) is 0 Å². The third-order valence-corrected chi connectivity index (χ3v) is 3.37. The van der Waals surface area contributed by atoms with Crippen LogP contribution in [-0.4, -0.2) is 27.3 Å². The molecule has 3 nitrogen and oxygen atoms in total. The van der Waals surface area contributed by atoms with Crippen molar-refractivity contribution in [3.63, 3.8) is 0 Å². The molecule has 0 amide bonds. The maximum absolute atomic E-state index is 5.33. The van der Waals surface area contributed by atoms with Crippen molar-refractivity contribution in [1.82, 2.24) is 5.32 Å². The van der Waals surface area contributed by atoms with Gasteiger partial charge in [0.15, 0.2) is 11.5 Å². The number of methoxy groups -OCH3 is 2. The van der Waals surface area contributed by atoms with Crippen LogP contribution in [0.4, 0.5) is 0 Å². The average Bonchev–Trinajstić information content (AvgIpc) is 2.45. The molecule has 0 radical (unpaired) electrons. The van der Waals surface area contributed by atoms with Gasteiger partial charge in [0.2, 0.25) is 0 Å². The first-order valence-corrected chi connectivity index (χ1v) is 6.69. The molecule has 0 heterocycles. The summed E-state index contributed by atoms with van der Waals surface area (Å²) in [4.78, 5) is 0. The van der Waals surface area contributed by atoms with Crippen molar-refractivity contribution in [3.05, 3.63) is 35.9 Å². The summed E-state index contributed by atoms with van der Waals surface area (Å²) in [5.74, 6) is 1.55. The molecule has 0 saturated heterocycles. The molecule has 1 aromatic rings. The van der Waals surface area contributed by atoms with E-state index in [1.54, 1.807) is 14.2 Å². The highest BCUT2D eigenvalue weighted by Crippen LogP contribution is 2.28. The monoisotopic (exact) mass is 263 g/mol. The maximum Gasteiger partial charge on any atom is 0.160 e. The summed E-state index contributed by atoms with van der Waals surface area (Å²) < 4.78 is 10.6. The Kier molecular flexibility index (Phi) is 6.43. The highest BCUT2D eigenvalue weighted by molar-refractivity contribution is 5.43. The van der Waals surface area contributed by atoms with Gasteiger partial charge in [-0.05, 0) is 44.0 Å². The predicted molar refractivity (Wildman–Crippen MR) is 80.1 cm³/mol. The van der Waals surface area contributed by atoms with Gasteiger partial charge in [-0.2, -0.15) is 0 Å². The summed E-state index contributed by atoms with van der Waals surface area (Å²) in [5.41, 5.74) is 2.51. The van der Waals surface area contributed by atoms with Crippen LogP contribution in [0.3, 0.4) is 0 Å². The Bertz CT molecular complexity index is 415. The highest BCUT2D eigenvalue weighted by Gasteiger charge is 2.11. The number of nitrogens with one attached hydrogen (secondary N) is 1. The fourth-order valence-corrected chi connectivity index (χ4v) is 2.06. The molecule has 1 rings (SSSR count). The molecule has 1 N–H and O–H groups in total. The highest BCUT2D eigenvalue weighted by atomic mass is 16.5. The summed E-state index contributed by atoms with van der Waals surface area (Å²) in [6.07, 6.45) is 2.99. The van der Waals surface area contributed by atoms with Crippen LogP contribution < -0.4 is 14.8 Å². The molecule has 0 bridgehead atoms. The molecule has 0 saturated carbocycles. The molecular weight excluding hydrogens is 238 g/mol. The normalized spacial score (nSPS) is 12.0. The van der Waals surface area contributed by atoms with Crippen LogP contribution in [0.25, 0.3) is 0 Å². The molecule has 3 heteroatoms. The summed E-state index contributed by atoms with van der Waals surface area (Å²) in [7, 11) is 5.31. The zero-order valence-corrected chi connectivity index (χ0v) is 12.5. The Balaban J connectivity index is 2.77. The van der Waals surface area contributed by atoms with Crippen molar-refractivity contribution < 1.29 is 9.47 Å². The predicted octanol–water partition coefficient (Wildman–Crippen LogP) is 3.19. The second-order valence-corrected chi connectivity index (χ2v) is 4.69. The standard InChI is InChI=1S/C16H25NO2/c1-6-12(2)9-14(17-3)10-13-7-8-15(18-4)16(11-13)19-5/h7-8,11,14,17H,2,6,9-10H2,1,3-5H3. The number of hydrogen-bond acceptors (Lipinski definition) is 3. The minimum absolute atomic E-state index is 0.408. The van der Waals surface area contributed by atoms with Crippen molar-refractivity contribution in [2.45, 2.75) is 32.2 Å². The SMILES string of the molecule is C=C(CC)CC(Cc1ccc(OC)c(OC)c1)NC. The Hall–Kier alpha value is -1.48. The van der Waals surface area contributed by atoms with Crippen LogP contribution in [0.1, 0.15) is 25.3 Å². The van der Waals surface area contributed by atoms with E-state index < -0.39 is 0 Å². The van der Waals surface area contributed by atoms with Gasteiger partial charge in [0.05, 0.1) is 14.2 Å². The van der Waals surface area contributed by atoms with Crippen LogP contribution in [0.5, 0.6) is 11.5 Å². The first-order valence-electron chi connectivity index (χ1n) is 6.69. The fraction of sp³-hybridized carbons (Fsp3) is 0.500. The summed E-state index contributed by atoms with van der Waals surface area (Å²) >= 11 is 0. The lowest BCUT2D eigenvalue weighted by molar-refractivity contribution is 0.354. The Morgan fingerprint density at radius 1 is 1.26 bits per heavy atom. The maximum atomic E-state index is 5.33. The fourth-order valence-electron chi connectivity index (χ4n) is 2.06. The lowest BCUT2D eigenvalue weighted by Crippen LogP contribution is -2.27. The van der Waals surface area contributed by atoms with E-state index >= 15 is 0 Å². The lowest BCUT2D eigenvalue weighted by Gasteiger charge is -2.18. The quantitative estimate of drug-likeness (QED) is 0.731. The Morgan fingerprint density at radius 2 is 1.95 bits per heavy atom. The van der Waals surface area contributed by atoms with Crippen molar-refractivity contribution in [2.75, 3.05) is 21.3 Å². The molecular formula is C16H25NO2. The van der Waals surface area contributed by atoms with Crippen LogP contribution >= 0.6 is 0 Å². The van der Waals surface area contributed by atoms with Crippen LogP contribution in [0, 0.1) is 0 Å². The van der Waals surface area contributed by atoms with E-state index in [-0.39, 0.29) is 0 Å². The second-order valence-electron chi connectivity index (χ2n) is 4.69. The van der Waals surface area contributed by atoms with E-state index in [2.05, 4.69) is 24.9 Å². The molecule has 0 aliphatic carbocycles. The van der Waals surface area contributed by atoms with Gasteiger partial charge in [-0.3, -0.25) is 0 Å². The lowest BCUT2D eigenvalue weighted by atomic mass is 9.98. The minimum atomic E-state index is 0.408. The number of rotatable bonds is 8. The minimum Gasteiger partial charge on any atom is -0.493 e. The average molecular weight is 263 g/mol. The van der Waals surface area contributed by atoms with E-state index in [0.29, 0.717) is 6.04 Å². The summed E-state index contributed by atoms with van der Waals surface area (Å²) in [6.45, 7) is 6.22. The topological polar surface area (TPSA) is 30.5 Å². The van der Waals surface area contributed by atoms with Gasteiger partial charge in [0.25, 0.3) is 0 Å². The molecule has 1 unspecified atom stereocenters. The number of hydrogen-bond donors (Lipinski definition) is 1. The first kappa shape index (κ1) is 15.6. The van der Waals surface area contributed by atoms with Crippen molar-refractivity contribution in [3.8, 4) is 11.5 Å². The molecule has 0 fully saturated rings. The summed E-state index contributed by atoms with van der Waals surface area (Å²) in [5, 5.41) is 3.35. The van der Waals surface area contributed by atoms with Gasteiger partial charge in [0.1, 0.15) is 0 Å².